The highest BCUT2D eigenvalue weighted by Gasteiger charge is 2.43. The highest BCUT2D eigenvalue weighted by Crippen LogP contribution is 2.38. The fourth-order valence-electron chi connectivity index (χ4n) is 4.13. The Morgan fingerprint density at radius 1 is 1.18 bits per heavy atom. The van der Waals surface area contributed by atoms with Crippen LogP contribution in [0.25, 0.3) is 0 Å². The van der Waals surface area contributed by atoms with Crippen molar-refractivity contribution in [3.8, 4) is 0 Å². The molecule has 5 heteroatoms. The highest BCUT2D eigenvalue weighted by molar-refractivity contribution is 5.98. The van der Waals surface area contributed by atoms with E-state index < -0.39 is 0 Å². The van der Waals surface area contributed by atoms with Gasteiger partial charge < -0.3 is 9.64 Å². The molecule has 2 aliphatic carbocycles. The van der Waals surface area contributed by atoms with Crippen LogP contribution >= 0.6 is 0 Å². The second-order valence-corrected chi connectivity index (χ2v) is 6.57. The van der Waals surface area contributed by atoms with Crippen LogP contribution in [-0.4, -0.2) is 42.6 Å². The first-order valence-electron chi connectivity index (χ1n) is 8.57. The minimum Gasteiger partial charge on any atom is -0.468 e. The van der Waals surface area contributed by atoms with E-state index in [0.29, 0.717) is 6.04 Å². The summed E-state index contributed by atoms with van der Waals surface area (Å²) in [4.78, 5) is 26.4. The van der Waals surface area contributed by atoms with Gasteiger partial charge >= 0.3 is 5.97 Å². The van der Waals surface area contributed by atoms with E-state index in [9.17, 15) is 9.59 Å². The van der Waals surface area contributed by atoms with Gasteiger partial charge in [-0.1, -0.05) is 19.3 Å². The zero-order valence-corrected chi connectivity index (χ0v) is 13.4. The van der Waals surface area contributed by atoms with Gasteiger partial charge in [0.1, 0.15) is 6.17 Å². The Hall–Kier alpha value is -1.36. The van der Waals surface area contributed by atoms with Crippen LogP contribution in [0.1, 0.15) is 57.8 Å². The lowest BCUT2D eigenvalue weighted by Crippen LogP contribution is -2.52. The molecule has 1 unspecified atom stereocenters. The molecule has 0 spiro atoms. The summed E-state index contributed by atoms with van der Waals surface area (Å²) in [5.41, 5.74) is 2.24. The first kappa shape index (κ1) is 15.5. The number of methoxy groups -OCH3 is 1. The molecule has 1 N–H and O–H groups in total. The quantitative estimate of drug-likeness (QED) is 0.808. The average Bonchev–Trinajstić information content (AvgIpc) is 2.86. The lowest BCUT2D eigenvalue weighted by Gasteiger charge is -2.37. The molecule has 5 nitrogen and oxygen atoms in total. The van der Waals surface area contributed by atoms with Gasteiger partial charge in [0.15, 0.2) is 0 Å². The number of rotatable bonds is 4. The van der Waals surface area contributed by atoms with E-state index in [1.165, 1.54) is 31.9 Å². The number of carbonyl (C=O) groups excluding carboxylic acids is 2. The first-order chi connectivity index (χ1) is 10.7. The van der Waals surface area contributed by atoms with Crippen LogP contribution < -0.4 is 5.32 Å². The van der Waals surface area contributed by atoms with Gasteiger partial charge in [-0.15, -0.1) is 0 Å². The van der Waals surface area contributed by atoms with Crippen molar-refractivity contribution in [1.29, 1.82) is 0 Å². The first-order valence-corrected chi connectivity index (χ1v) is 8.57. The van der Waals surface area contributed by atoms with Crippen molar-refractivity contribution in [2.45, 2.75) is 70.0 Å². The number of nitrogens with zero attached hydrogens (tertiary/aromatic N) is 1. The maximum absolute atomic E-state index is 12.9. The Morgan fingerprint density at radius 3 is 2.64 bits per heavy atom. The summed E-state index contributed by atoms with van der Waals surface area (Å²) in [5.74, 6) is -0.0649. The number of carbonyl (C=O) groups is 2. The number of nitrogens with one attached hydrogen (secondary N) is 1. The number of amides is 1. The normalized spacial score (nSPS) is 26.3. The fraction of sp³-hybridized carbons (Fsp3) is 0.765. The Kier molecular flexibility index (Phi) is 4.81. The Morgan fingerprint density at radius 2 is 1.91 bits per heavy atom. The smallest absolute Gasteiger partial charge is 0.319 e. The molecule has 1 aliphatic heterocycles. The summed E-state index contributed by atoms with van der Waals surface area (Å²) in [6.07, 6.45) is 9.86. The molecule has 0 bridgehead atoms. The number of hydrogen-bond acceptors (Lipinski definition) is 4. The number of esters is 1. The minimum absolute atomic E-state index is 0.0926. The molecule has 0 aromatic heterocycles. The lowest BCUT2D eigenvalue weighted by atomic mass is 9.92. The van der Waals surface area contributed by atoms with Gasteiger partial charge in [0.25, 0.3) is 5.91 Å². The van der Waals surface area contributed by atoms with Crippen molar-refractivity contribution < 1.29 is 14.3 Å². The Balaban J connectivity index is 1.79. The zero-order valence-electron chi connectivity index (χ0n) is 13.4. The van der Waals surface area contributed by atoms with Crippen LogP contribution in [0.5, 0.6) is 0 Å². The lowest BCUT2D eigenvalue weighted by molar-refractivity contribution is -0.140. The molecule has 0 saturated heterocycles. The molecule has 1 heterocycles. The Labute approximate surface area is 132 Å². The van der Waals surface area contributed by atoms with Crippen molar-refractivity contribution in [2.24, 2.45) is 0 Å². The van der Waals surface area contributed by atoms with Crippen LogP contribution in [0.15, 0.2) is 11.1 Å². The maximum atomic E-state index is 12.9. The molecule has 0 radical (unpaired) electrons. The van der Waals surface area contributed by atoms with Crippen molar-refractivity contribution in [3.05, 3.63) is 11.1 Å². The van der Waals surface area contributed by atoms with Gasteiger partial charge in [-0.2, -0.15) is 0 Å². The van der Waals surface area contributed by atoms with Crippen molar-refractivity contribution in [2.75, 3.05) is 13.7 Å². The fourth-order valence-corrected chi connectivity index (χ4v) is 4.13. The maximum Gasteiger partial charge on any atom is 0.319 e. The SMILES string of the molecule is COC(=O)CNC1C2=C(CCCC2)C(=O)N1C1CCCCC1. The largest absolute Gasteiger partial charge is 0.468 e. The summed E-state index contributed by atoms with van der Waals surface area (Å²) in [5, 5.41) is 3.28. The van der Waals surface area contributed by atoms with E-state index in [1.54, 1.807) is 0 Å². The zero-order chi connectivity index (χ0) is 15.5. The van der Waals surface area contributed by atoms with Crippen LogP contribution in [0.2, 0.25) is 0 Å². The third kappa shape index (κ3) is 2.91. The molecule has 1 fully saturated rings. The minimum atomic E-state index is -0.277. The monoisotopic (exact) mass is 306 g/mol. The summed E-state index contributed by atoms with van der Waals surface area (Å²) in [7, 11) is 1.40. The molecule has 3 aliphatic rings. The van der Waals surface area contributed by atoms with Crippen molar-refractivity contribution in [1.82, 2.24) is 10.2 Å². The summed E-state index contributed by atoms with van der Waals surface area (Å²) in [6, 6.07) is 0.321. The molecule has 122 valence electrons. The van der Waals surface area contributed by atoms with Gasteiger partial charge in [0, 0.05) is 11.6 Å². The average molecular weight is 306 g/mol. The molecule has 1 atom stereocenters. The van der Waals surface area contributed by atoms with E-state index >= 15 is 0 Å². The van der Waals surface area contributed by atoms with E-state index in [1.807, 2.05) is 4.90 Å². The van der Waals surface area contributed by atoms with Gasteiger partial charge in [-0.3, -0.25) is 14.9 Å². The highest BCUT2D eigenvalue weighted by atomic mass is 16.5. The summed E-state index contributed by atoms with van der Waals surface area (Å²) >= 11 is 0. The topological polar surface area (TPSA) is 58.6 Å². The molecule has 0 aromatic carbocycles. The number of ether oxygens (including phenoxy) is 1. The number of hydrogen-bond donors (Lipinski definition) is 1. The van der Waals surface area contributed by atoms with Gasteiger partial charge in [0.05, 0.1) is 13.7 Å². The van der Waals surface area contributed by atoms with Gasteiger partial charge in [0.2, 0.25) is 0 Å². The summed E-state index contributed by atoms with van der Waals surface area (Å²) in [6.45, 7) is 0.161. The predicted molar refractivity (Wildman–Crippen MR) is 83.0 cm³/mol. The second-order valence-electron chi connectivity index (χ2n) is 6.57. The predicted octanol–water partition coefficient (Wildman–Crippen LogP) is 2.12. The molecule has 3 rings (SSSR count). The van der Waals surface area contributed by atoms with Crippen LogP contribution in [-0.2, 0) is 14.3 Å². The molecular formula is C17H26N2O3. The van der Waals surface area contributed by atoms with Crippen molar-refractivity contribution >= 4 is 11.9 Å². The van der Waals surface area contributed by atoms with E-state index in [2.05, 4.69) is 5.32 Å². The summed E-state index contributed by atoms with van der Waals surface area (Å²) < 4.78 is 4.73. The van der Waals surface area contributed by atoms with Crippen LogP contribution in [0.3, 0.4) is 0 Å². The van der Waals surface area contributed by atoms with E-state index in [-0.39, 0.29) is 24.6 Å². The van der Waals surface area contributed by atoms with Crippen LogP contribution in [0.4, 0.5) is 0 Å². The third-order valence-corrected chi connectivity index (χ3v) is 5.25. The molecular weight excluding hydrogens is 280 g/mol. The second kappa shape index (κ2) is 6.82. The molecule has 0 aromatic rings. The molecule has 1 amide bonds. The van der Waals surface area contributed by atoms with Gasteiger partial charge in [-0.25, -0.2) is 0 Å². The van der Waals surface area contributed by atoms with Gasteiger partial charge in [-0.05, 0) is 44.1 Å². The molecule has 1 saturated carbocycles. The standard InChI is InChI=1S/C17H26N2O3/c1-22-15(20)11-18-16-13-9-5-6-10-14(13)17(21)19(16)12-7-3-2-4-8-12/h12,16,18H,2-11H2,1H3. The Bertz CT molecular complexity index is 480. The van der Waals surface area contributed by atoms with Crippen molar-refractivity contribution in [3.63, 3.8) is 0 Å². The van der Waals surface area contributed by atoms with E-state index in [0.717, 1.165) is 44.1 Å². The molecule has 22 heavy (non-hydrogen) atoms. The van der Waals surface area contributed by atoms with Crippen LogP contribution in [0, 0.1) is 0 Å². The third-order valence-electron chi connectivity index (χ3n) is 5.25. The van der Waals surface area contributed by atoms with E-state index in [4.69, 9.17) is 4.74 Å².